The van der Waals surface area contributed by atoms with Gasteiger partial charge in [-0.15, -0.1) is 5.11 Å². The number of carbonyl (C=O) groups is 2. The molecule has 3 rings (SSSR count). The van der Waals surface area contributed by atoms with Crippen LogP contribution < -0.4 is 10.1 Å². The van der Waals surface area contributed by atoms with Crippen molar-refractivity contribution in [2.45, 2.75) is 46.0 Å². The predicted molar refractivity (Wildman–Crippen MR) is 145 cm³/mol. The zero-order chi connectivity index (χ0) is 26.6. The number of ether oxygens (including phenoxy) is 1. The Hall–Kier alpha value is -4.26. The maximum atomic E-state index is 12.6. The molecule has 0 radical (unpaired) electrons. The van der Waals surface area contributed by atoms with Crippen LogP contribution in [0, 0.1) is 5.92 Å². The first-order valence-electron chi connectivity index (χ1n) is 12.4. The summed E-state index contributed by atoms with van der Waals surface area (Å²) in [6.07, 6.45) is 2.66. The molecule has 0 saturated heterocycles. The fourth-order valence-corrected chi connectivity index (χ4v) is 3.80. The number of nitrogens with zero attached hydrogens (tertiary/aromatic N) is 2. The molecule has 2 unspecified atom stereocenters. The summed E-state index contributed by atoms with van der Waals surface area (Å²) in [7, 11) is 0. The number of hydrogen-bond acceptors (Lipinski definition) is 6. The molecule has 0 bridgehead atoms. The number of anilines is 1. The molecule has 0 saturated carbocycles. The van der Waals surface area contributed by atoms with Gasteiger partial charge in [-0.3, -0.25) is 9.59 Å². The minimum Gasteiger partial charge on any atom is -0.510 e. The van der Waals surface area contributed by atoms with Gasteiger partial charge in [0.05, 0.1) is 11.6 Å². The van der Waals surface area contributed by atoms with E-state index in [-0.39, 0.29) is 23.3 Å². The normalized spacial score (nSPS) is 13.5. The number of aliphatic hydroxyl groups is 1. The Balaban J connectivity index is 1.54. The van der Waals surface area contributed by atoms with E-state index in [1.54, 1.807) is 48.5 Å². The number of azo groups is 1. The number of para-hydroxylation sites is 1. The standard InChI is InChI=1S/C30H33N3O4/c1-4-23(24-11-7-5-8-12-24)16-15-21(2)30(36)37-27-19-17-26(18-20-27)32-33-28(22(3)34)29(35)31-25-13-9-6-10-14-25/h5-14,17-21,23,34H,4,15-16H2,1-3H3,(H,31,35). The maximum absolute atomic E-state index is 12.6. The number of allylic oxidation sites excluding steroid dienone is 1. The molecule has 0 aliphatic heterocycles. The van der Waals surface area contributed by atoms with Crippen LogP contribution in [0.2, 0.25) is 0 Å². The van der Waals surface area contributed by atoms with Crippen molar-refractivity contribution in [1.82, 2.24) is 0 Å². The molecule has 0 aliphatic carbocycles. The molecule has 2 atom stereocenters. The van der Waals surface area contributed by atoms with Crippen LogP contribution in [0.5, 0.6) is 5.75 Å². The minimum atomic E-state index is -0.577. The average molecular weight is 500 g/mol. The monoisotopic (exact) mass is 499 g/mol. The molecule has 0 heterocycles. The third-order valence-corrected chi connectivity index (χ3v) is 6.02. The Morgan fingerprint density at radius 3 is 2.14 bits per heavy atom. The van der Waals surface area contributed by atoms with E-state index in [2.05, 4.69) is 34.6 Å². The average Bonchev–Trinajstić information content (AvgIpc) is 2.91. The highest BCUT2D eigenvalue weighted by atomic mass is 16.5. The van der Waals surface area contributed by atoms with Gasteiger partial charge in [0.15, 0.2) is 5.70 Å². The second-order valence-electron chi connectivity index (χ2n) is 8.86. The summed E-state index contributed by atoms with van der Waals surface area (Å²) < 4.78 is 5.55. The van der Waals surface area contributed by atoms with Gasteiger partial charge in [-0.25, -0.2) is 0 Å². The van der Waals surface area contributed by atoms with Gasteiger partial charge in [0, 0.05) is 5.69 Å². The third kappa shape index (κ3) is 8.42. The van der Waals surface area contributed by atoms with Crippen molar-refractivity contribution >= 4 is 23.3 Å². The summed E-state index contributed by atoms with van der Waals surface area (Å²) in [6.45, 7) is 5.41. The lowest BCUT2D eigenvalue weighted by Crippen LogP contribution is -2.18. The number of esters is 1. The highest BCUT2D eigenvalue weighted by Crippen LogP contribution is 2.27. The van der Waals surface area contributed by atoms with Crippen molar-refractivity contribution in [3.8, 4) is 5.75 Å². The maximum Gasteiger partial charge on any atom is 0.314 e. The molecule has 0 fully saturated rings. The van der Waals surface area contributed by atoms with E-state index < -0.39 is 5.91 Å². The van der Waals surface area contributed by atoms with Gasteiger partial charge in [-0.05, 0) is 74.1 Å². The lowest BCUT2D eigenvalue weighted by atomic mass is 9.89. The number of amides is 1. The SMILES string of the molecule is CCC(CCC(C)C(=O)Oc1ccc(N=NC(C(=O)Nc2ccccc2)=C(C)O)cc1)c1ccccc1. The van der Waals surface area contributed by atoms with Gasteiger partial charge in [-0.1, -0.05) is 62.4 Å². The molecular formula is C30H33N3O4. The summed E-state index contributed by atoms with van der Waals surface area (Å²) in [5, 5.41) is 20.5. The Labute approximate surface area is 217 Å². The molecule has 1 amide bonds. The molecule has 0 aromatic heterocycles. The van der Waals surface area contributed by atoms with Gasteiger partial charge in [0.25, 0.3) is 5.91 Å². The zero-order valence-corrected chi connectivity index (χ0v) is 21.4. The van der Waals surface area contributed by atoms with Crippen molar-refractivity contribution in [1.29, 1.82) is 0 Å². The number of aliphatic hydroxyl groups excluding tert-OH is 1. The van der Waals surface area contributed by atoms with Crippen molar-refractivity contribution in [2.75, 3.05) is 5.32 Å². The van der Waals surface area contributed by atoms with Crippen LogP contribution in [0.25, 0.3) is 0 Å². The lowest BCUT2D eigenvalue weighted by Gasteiger charge is -2.17. The second kappa shape index (κ2) is 13.7. The van der Waals surface area contributed by atoms with E-state index in [1.807, 2.05) is 31.2 Å². The number of nitrogens with one attached hydrogen (secondary N) is 1. The fourth-order valence-electron chi connectivity index (χ4n) is 3.80. The Morgan fingerprint density at radius 2 is 1.54 bits per heavy atom. The first-order chi connectivity index (χ1) is 17.9. The second-order valence-corrected chi connectivity index (χ2v) is 8.86. The Morgan fingerprint density at radius 1 is 0.919 bits per heavy atom. The van der Waals surface area contributed by atoms with Crippen LogP contribution in [-0.4, -0.2) is 17.0 Å². The van der Waals surface area contributed by atoms with Gasteiger partial charge in [0.1, 0.15) is 11.5 Å². The summed E-state index contributed by atoms with van der Waals surface area (Å²) in [4.78, 5) is 25.1. The highest BCUT2D eigenvalue weighted by molar-refractivity contribution is 6.03. The summed E-state index contributed by atoms with van der Waals surface area (Å²) in [5.41, 5.74) is 2.11. The van der Waals surface area contributed by atoms with Crippen LogP contribution in [0.3, 0.4) is 0 Å². The lowest BCUT2D eigenvalue weighted by molar-refractivity contribution is -0.138. The molecule has 7 heteroatoms. The smallest absolute Gasteiger partial charge is 0.314 e. The van der Waals surface area contributed by atoms with E-state index in [9.17, 15) is 14.7 Å². The van der Waals surface area contributed by atoms with Crippen LogP contribution in [0.15, 0.2) is 107 Å². The first kappa shape index (κ1) is 27.3. The van der Waals surface area contributed by atoms with Crippen LogP contribution in [-0.2, 0) is 9.59 Å². The molecule has 192 valence electrons. The number of rotatable bonds is 11. The highest BCUT2D eigenvalue weighted by Gasteiger charge is 2.18. The molecule has 2 N–H and O–H groups in total. The Kier molecular flexibility index (Phi) is 10.1. The number of carbonyl (C=O) groups excluding carboxylic acids is 2. The summed E-state index contributed by atoms with van der Waals surface area (Å²) >= 11 is 0. The Bertz CT molecular complexity index is 1220. The topological polar surface area (TPSA) is 100 Å². The van der Waals surface area contributed by atoms with E-state index in [0.717, 1.165) is 19.3 Å². The molecule has 3 aromatic carbocycles. The molecule has 0 spiro atoms. The molecule has 0 aliphatic rings. The zero-order valence-electron chi connectivity index (χ0n) is 21.4. The van der Waals surface area contributed by atoms with Crippen LogP contribution in [0.1, 0.15) is 51.5 Å². The molecular weight excluding hydrogens is 466 g/mol. The van der Waals surface area contributed by atoms with E-state index >= 15 is 0 Å². The van der Waals surface area contributed by atoms with Crippen LogP contribution >= 0.6 is 0 Å². The quantitative estimate of drug-likeness (QED) is 0.0927. The van der Waals surface area contributed by atoms with Gasteiger partial charge >= 0.3 is 5.97 Å². The van der Waals surface area contributed by atoms with Crippen molar-refractivity contribution in [3.63, 3.8) is 0 Å². The first-order valence-corrected chi connectivity index (χ1v) is 12.4. The number of benzene rings is 3. The van der Waals surface area contributed by atoms with Crippen LogP contribution in [0.4, 0.5) is 11.4 Å². The minimum absolute atomic E-state index is 0.200. The van der Waals surface area contributed by atoms with Crippen molar-refractivity contribution < 1.29 is 19.4 Å². The van der Waals surface area contributed by atoms with E-state index in [0.29, 0.717) is 23.0 Å². The van der Waals surface area contributed by atoms with Crippen molar-refractivity contribution in [2.24, 2.45) is 16.1 Å². The largest absolute Gasteiger partial charge is 0.510 e. The van der Waals surface area contributed by atoms with Gasteiger partial charge < -0.3 is 15.2 Å². The van der Waals surface area contributed by atoms with Crippen molar-refractivity contribution in [3.05, 3.63) is 102 Å². The summed E-state index contributed by atoms with van der Waals surface area (Å²) in [5.74, 6) is -0.531. The van der Waals surface area contributed by atoms with Gasteiger partial charge in [-0.2, -0.15) is 5.11 Å². The number of hydrogen-bond donors (Lipinski definition) is 2. The summed E-state index contributed by atoms with van der Waals surface area (Å²) in [6, 6.07) is 25.7. The molecule has 3 aromatic rings. The van der Waals surface area contributed by atoms with Gasteiger partial charge in [0.2, 0.25) is 0 Å². The predicted octanol–water partition coefficient (Wildman–Crippen LogP) is 7.71. The molecule has 37 heavy (non-hydrogen) atoms. The fraction of sp³-hybridized carbons (Fsp3) is 0.267. The van der Waals surface area contributed by atoms with E-state index in [4.69, 9.17) is 4.74 Å². The molecule has 7 nitrogen and oxygen atoms in total. The van der Waals surface area contributed by atoms with E-state index in [1.165, 1.54) is 12.5 Å². The third-order valence-electron chi connectivity index (χ3n) is 6.02.